The third-order valence-electron chi connectivity index (χ3n) is 2.26. The van der Waals surface area contributed by atoms with Crippen LogP contribution in [0.25, 0.3) is 0 Å². The molecule has 0 heterocycles. The van der Waals surface area contributed by atoms with E-state index in [0.717, 1.165) is 13.1 Å². The van der Waals surface area contributed by atoms with Crippen LogP contribution in [0.1, 0.15) is 26.7 Å². The van der Waals surface area contributed by atoms with Gasteiger partial charge in [0.1, 0.15) is 6.04 Å². The maximum Gasteiger partial charge on any atom is 0.106 e. The van der Waals surface area contributed by atoms with Gasteiger partial charge in [0, 0.05) is 19.1 Å². The highest BCUT2D eigenvalue weighted by molar-refractivity contribution is 4.93. The van der Waals surface area contributed by atoms with E-state index in [2.05, 4.69) is 24.8 Å². The number of nitrogens with two attached hydrogens (primary N) is 1. The quantitative estimate of drug-likeness (QED) is 0.687. The summed E-state index contributed by atoms with van der Waals surface area (Å²) in [6, 6.07) is 2.48. The van der Waals surface area contributed by atoms with Crippen molar-refractivity contribution in [2.24, 2.45) is 11.7 Å². The van der Waals surface area contributed by atoms with Gasteiger partial charge in [0.2, 0.25) is 0 Å². The first-order chi connectivity index (χ1) is 6.13. The van der Waals surface area contributed by atoms with Gasteiger partial charge in [-0.2, -0.15) is 5.26 Å². The Bertz CT molecular complexity index is 191. The van der Waals surface area contributed by atoms with Gasteiger partial charge in [0.15, 0.2) is 0 Å². The Labute approximate surface area is 80.5 Å². The predicted molar refractivity (Wildman–Crippen MR) is 53.0 cm³/mol. The van der Waals surface area contributed by atoms with Gasteiger partial charge >= 0.3 is 0 Å². The molecule has 1 fully saturated rings. The van der Waals surface area contributed by atoms with Crippen LogP contribution in [0, 0.1) is 17.2 Å². The van der Waals surface area contributed by atoms with Crippen molar-refractivity contribution in [1.29, 1.82) is 5.26 Å². The van der Waals surface area contributed by atoms with Crippen LogP contribution in [0.2, 0.25) is 0 Å². The van der Waals surface area contributed by atoms with Gasteiger partial charge < -0.3 is 5.73 Å². The molecule has 74 valence electrons. The van der Waals surface area contributed by atoms with Gasteiger partial charge in [-0.3, -0.25) is 4.90 Å². The van der Waals surface area contributed by atoms with Crippen LogP contribution in [0.15, 0.2) is 0 Å². The molecule has 3 heteroatoms. The van der Waals surface area contributed by atoms with Gasteiger partial charge in [-0.15, -0.1) is 0 Å². The highest BCUT2D eigenvalue weighted by Crippen LogP contribution is 2.27. The molecule has 0 spiro atoms. The van der Waals surface area contributed by atoms with E-state index in [-0.39, 0.29) is 6.04 Å². The average Bonchev–Trinajstić information content (AvgIpc) is 2.84. The monoisotopic (exact) mass is 181 g/mol. The van der Waals surface area contributed by atoms with E-state index in [1.807, 2.05) is 0 Å². The molecule has 0 radical (unpaired) electrons. The first-order valence-electron chi connectivity index (χ1n) is 5.02. The number of rotatable bonds is 5. The number of nitrogens with zero attached hydrogens (tertiary/aromatic N) is 2. The van der Waals surface area contributed by atoms with E-state index >= 15 is 0 Å². The van der Waals surface area contributed by atoms with Gasteiger partial charge in [0.05, 0.1) is 6.07 Å². The zero-order chi connectivity index (χ0) is 9.84. The Morgan fingerprint density at radius 3 is 2.46 bits per heavy atom. The van der Waals surface area contributed by atoms with Crippen LogP contribution >= 0.6 is 0 Å². The lowest BCUT2D eigenvalue weighted by Crippen LogP contribution is -2.39. The molecule has 1 aliphatic carbocycles. The van der Waals surface area contributed by atoms with Crippen LogP contribution in [-0.2, 0) is 0 Å². The molecule has 13 heavy (non-hydrogen) atoms. The Balaban J connectivity index is 2.34. The zero-order valence-electron chi connectivity index (χ0n) is 8.53. The largest absolute Gasteiger partial charge is 0.315 e. The van der Waals surface area contributed by atoms with Crippen molar-refractivity contribution >= 4 is 0 Å². The molecule has 0 amide bonds. The second-order valence-corrected chi connectivity index (χ2v) is 4.31. The van der Waals surface area contributed by atoms with E-state index in [4.69, 9.17) is 11.0 Å². The molecule has 0 bridgehead atoms. The van der Waals surface area contributed by atoms with Crippen LogP contribution in [0.3, 0.4) is 0 Å². The summed E-state index contributed by atoms with van der Waals surface area (Å²) in [6.07, 6.45) is 2.57. The molecule has 1 saturated carbocycles. The van der Waals surface area contributed by atoms with Gasteiger partial charge in [-0.1, -0.05) is 13.8 Å². The average molecular weight is 181 g/mol. The van der Waals surface area contributed by atoms with Crippen molar-refractivity contribution in [3.05, 3.63) is 0 Å². The molecule has 2 N–H and O–H groups in total. The smallest absolute Gasteiger partial charge is 0.106 e. The summed E-state index contributed by atoms with van der Waals surface area (Å²) < 4.78 is 0. The molecule has 0 aliphatic heterocycles. The first kappa shape index (κ1) is 10.5. The number of hydrogen-bond donors (Lipinski definition) is 1. The Kier molecular flexibility index (Phi) is 3.71. The van der Waals surface area contributed by atoms with Crippen LogP contribution in [0.4, 0.5) is 0 Å². The SMILES string of the molecule is CC(C)CN(CC(N)C#N)C1CC1. The fourth-order valence-corrected chi connectivity index (χ4v) is 1.57. The standard InChI is InChI=1S/C10H19N3/c1-8(2)6-13(10-3-4-10)7-9(12)5-11/h8-10H,3-4,6-7,12H2,1-2H3. The maximum atomic E-state index is 8.62. The highest BCUT2D eigenvalue weighted by Gasteiger charge is 2.29. The fourth-order valence-electron chi connectivity index (χ4n) is 1.57. The summed E-state index contributed by atoms with van der Waals surface area (Å²) in [5, 5.41) is 8.62. The summed E-state index contributed by atoms with van der Waals surface area (Å²) in [5.74, 6) is 0.659. The molecule has 0 saturated heterocycles. The summed E-state index contributed by atoms with van der Waals surface area (Å²) in [7, 11) is 0. The van der Waals surface area contributed by atoms with Gasteiger partial charge in [-0.25, -0.2) is 0 Å². The molecular formula is C10H19N3. The number of hydrogen-bond acceptors (Lipinski definition) is 3. The summed E-state index contributed by atoms with van der Waals surface area (Å²) in [5.41, 5.74) is 5.61. The molecular weight excluding hydrogens is 162 g/mol. The normalized spacial score (nSPS) is 19.1. The molecule has 0 aromatic heterocycles. The summed E-state index contributed by atoms with van der Waals surface area (Å²) >= 11 is 0. The van der Waals surface area contributed by atoms with E-state index in [1.165, 1.54) is 12.8 Å². The topological polar surface area (TPSA) is 53.0 Å². The second-order valence-electron chi connectivity index (χ2n) is 4.31. The number of nitriles is 1. The third-order valence-corrected chi connectivity index (χ3v) is 2.26. The van der Waals surface area contributed by atoms with E-state index < -0.39 is 0 Å². The first-order valence-corrected chi connectivity index (χ1v) is 5.02. The fraction of sp³-hybridized carbons (Fsp3) is 0.900. The van der Waals surface area contributed by atoms with Crippen molar-refractivity contribution < 1.29 is 0 Å². The summed E-state index contributed by atoms with van der Waals surface area (Å²) in [6.45, 7) is 6.21. The Morgan fingerprint density at radius 2 is 2.08 bits per heavy atom. The highest BCUT2D eigenvalue weighted by atomic mass is 15.2. The van der Waals surface area contributed by atoms with Crippen molar-refractivity contribution in [2.75, 3.05) is 13.1 Å². The molecule has 1 atom stereocenters. The van der Waals surface area contributed by atoms with Crippen LogP contribution in [-0.4, -0.2) is 30.1 Å². The molecule has 1 unspecified atom stereocenters. The lowest BCUT2D eigenvalue weighted by Gasteiger charge is -2.24. The predicted octanol–water partition coefficient (Wildman–Crippen LogP) is 0.958. The molecule has 0 aromatic carbocycles. The minimum atomic E-state index is -0.320. The van der Waals surface area contributed by atoms with Crippen molar-refractivity contribution in [1.82, 2.24) is 4.90 Å². The maximum absolute atomic E-state index is 8.62. The summed E-state index contributed by atoms with van der Waals surface area (Å²) in [4.78, 5) is 2.36. The minimum Gasteiger partial charge on any atom is -0.315 e. The van der Waals surface area contributed by atoms with Crippen LogP contribution in [0.5, 0.6) is 0 Å². The minimum absolute atomic E-state index is 0.320. The van der Waals surface area contributed by atoms with Crippen molar-refractivity contribution in [2.45, 2.75) is 38.8 Å². The lowest BCUT2D eigenvalue weighted by atomic mass is 10.2. The molecule has 1 rings (SSSR count). The third kappa shape index (κ3) is 3.75. The van der Waals surface area contributed by atoms with Gasteiger partial charge in [-0.05, 0) is 18.8 Å². The van der Waals surface area contributed by atoms with Crippen molar-refractivity contribution in [3.8, 4) is 6.07 Å². The molecule has 3 nitrogen and oxygen atoms in total. The van der Waals surface area contributed by atoms with E-state index in [1.54, 1.807) is 0 Å². The molecule has 0 aromatic rings. The lowest BCUT2D eigenvalue weighted by molar-refractivity contribution is 0.231. The van der Waals surface area contributed by atoms with Crippen LogP contribution < -0.4 is 5.73 Å². The van der Waals surface area contributed by atoms with E-state index in [0.29, 0.717) is 12.0 Å². The van der Waals surface area contributed by atoms with Crippen molar-refractivity contribution in [3.63, 3.8) is 0 Å². The van der Waals surface area contributed by atoms with Gasteiger partial charge in [0.25, 0.3) is 0 Å². The van der Waals surface area contributed by atoms with E-state index in [9.17, 15) is 0 Å². The zero-order valence-corrected chi connectivity index (χ0v) is 8.53. The Hall–Kier alpha value is -0.590. The Morgan fingerprint density at radius 1 is 1.46 bits per heavy atom. The molecule has 1 aliphatic rings. The second kappa shape index (κ2) is 4.59.